The molecule has 0 aliphatic carbocycles. The summed E-state index contributed by atoms with van der Waals surface area (Å²) in [6.07, 6.45) is -2.75. The first kappa shape index (κ1) is 51.1. The van der Waals surface area contributed by atoms with E-state index in [0.717, 1.165) is 0 Å². The number of hydrogen-bond acceptors (Lipinski definition) is 0. The first-order valence-electron chi connectivity index (χ1n) is 24.2. The third-order valence-corrected chi connectivity index (χ3v) is 15.1. The van der Waals surface area contributed by atoms with Crippen molar-refractivity contribution in [3.8, 4) is 0 Å². The minimum Gasteiger partial charge on any atom is -0.192 e. The van der Waals surface area contributed by atoms with Crippen molar-refractivity contribution in [3.05, 3.63) is 235 Å². The Morgan fingerprint density at radius 1 is 0.179 bits per heavy atom. The standard InChI is InChI=1S/2C32H36B.Mg/c2*1-21-9-13-29(25(5)17-21)33(30-14-10-22(2)18-26(30)6,31-15-11-23(3)19-27(31)7)32-16-12-24(4)20-28(32)8;/h2*9-20H,1-8H3;/q2*-1;+2. The van der Waals surface area contributed by atoms with E-state index in [0.29, 0.717) is 0 Å². The van der Waals surface area contributed by atoms with Crippen LogP contribution >= 0.6 is 0 Å². The van der Waals surface area contributed by atoms with Crippen LogP contribution in [-0.2, 0) is 0 Å². The van der Waals surface area contributed by atoms with Crippen LogP contribution in [0.25, 0.3) is 0 Å². The summed E-state index contributed by atoms with van der Waals surface area (Å²) in [7, 11) is 0. The van der Waals surface area contributed by atoms with Crippen molar-refractivity contribution in [2.24, 2.45) is 0 Å². The zero-order valence-corrected chi connectivity index (χ0v) is 45.1. The minimum atomic E-state index is -1.38. The van der Waals surface area contributed by atoms with Crippen LogP contribution in [-0.4, -0.2) is 35.3 Å². The second kappa shape index (κ2) is 20.5. The molecule has 0 fully saturated rings. The molecule has 0 N–H and O–H groups in total. The second-order valence-electron chi connectivity index (χ2n) is 20.6. The van der Waals surface area contributed by atoms with Crippen molar-refractivity contribution in [2.45, 2.75) is 111 Å². The van der Waals surface area contributed by atoms with Gasteiger partial charge in [0.2, 0.25) is 0 Å². The average molecular weight is 887 g/mol. The topological polar surface area (TPSA) is 0 Å². The summed E-state index contributed by atoms with van der Waals surface area (Å²) in [5, 5.41) is 0. The Hall–Kier alpha value is -5.34. The monoisotopic (exact) mass is 887 g/mol. The van der Waals surface area contributed by atoms with Gasteiger partial charge in [-0.05, 0) is 111 Å². The summed E-state index contributed by atoms with van der Waals surface area (Å²) >= 11 is 0. The summed E-state index contributed by atoms with van der Waals surface area (Å²) < 4.78 is 0. The fourth-order valence-corrected chi connectivity index (χ4v) is 12.5. The molecule has 67 heavy (non-hydrogen) atoms. The molecule has 0 amide bonds. The molecule has 0 aliphatic heterocycles. The largest absolute Gasteiger partial charge is 2.00 e. The van der Waals surface area contributed by atoms with E-state index >= 15 is 0 Å². The van der Waals surface area contributed by atoms with E-state index in [4.69, 9.17) is 0 Å². The van der Waals surface area contributed by atoms with Gasteiger partial charge < -0.3 is 0 Å². The van der Waals surface area contributed by atoms with Crippen molar-refractivity contribution in [1.82, 2.24) is 0 Å². The van der Waals surface area contributed by atoms with Crippen LogP contribution in [0.1, 0.15) is 89.0 Å². The molecule has 8 aromatic rings. The molecule has 8 rings (SSSR count). The molecular weight excluding hydrogens is 815 g/mol. The fraction of sp³-hybridized carbons (Fsp3) is 0.250. The van der Waals surface area contributed by atoms with E-state index < -0.39 is 12.3 Å². The van der Waals surface area contributed by atoms with Gasteiger partial charge in [0.15, 0.2) is 0 Å². The minimum absolute atomic E-state index is 0. The van der Waals surface area contributed by atoms with Crippen molar-refractivity contribution in [2.75, 3.05) is 0 Å². The van der Waals surface area contributed by atoms with E-state index in [2.05, 4.69) is 256 Å². The maximum absolute atomic E-state index is 2.39. The number of aryl methyl sites for hydroxylation is 16. The van der Waals surface area contributed by atoms with Gasteiger partial charge in [-0.1, -0.05) is 235 Å². The van der Waals surface area contributed by atoms with Gasteiger partial charge in [-0.15, -0.1) is 0 Å². The quantitative estimate of drug-likeness (QED) is 0.133. The maximum Gasteiger partial charge on any atom is 2.00 e. The molecule has 3 heteroatoms. The number of hydrogen-bond donors (Lipinski definition) is 0. The van der Waals surface area contributed by atoms with Crippen molar-refractivity contribution >= 4 is 79.0 Å². The van der Waals surface area contributed by atoms with Crippen LogP contribution in [0.2, 0.25) is 0 Å². The zero-order chi connectivity index (χ0) is 47.8. The Morgan fingerprint density at radius 3 is 0.373 bits per heavy atom. The third-order valence-electron chi connectivity index (χ3n) is 15.1. The van der Waals surface area contributed by atoms with E-state index in [9.17, 15) is 0 Å². The molecule has 0 nitrogen and oxygen atoms in total. The van der Waals surface area contributed by atoms with Crippen LogP contribution in [0.4, 0.5) is 0 Å². The van der Waals surface area contributed by atoms with Gasteiger partial charge in [0, 0.05) is 0 Å². The maximum atomic E-state index is 2.39. The average Bonchev–Trinajstić information content (AvgIpc) is 3.22. The predicted octanol–water partition coefficient (Wildman–Crippen LogP) is 10.7. The van der Waals surface area contributed by atoms with Gasteiger partial charge in [0.05, 0.1) is 0 Å². The Labute approximate surface area is 421 Å². The fourth-order valence-electron chi connectivity index (χ4n) is 12.5. The number of rotatable bonds is 8. The van der Waals surface area contributed by atoms with Gasteiger partial charge in [-0.2, -0.15) is 43.7 Å². The first-order valence-corrected chi connectivity index (χ1v) is 24.2. The smallest absolute Gasteiger partial charge is 0.192 e. The van der Waals surface area contributed by atoms with Gasteiger partial charge in [-0.25, -0.2) is 0 Å². The summed E-state index contributed by atoms with van der Waals surface area (Å²) in [5.41, 5.74) is 32.7. The predicted molar refractivity (Wildman–Crippen MR) is 302 cm³/mol. The number of benzene rings is 8. The van der Waals surface area contributed by atoms with Gasteiger partial charge in [-0.3, -0.25) is 0 Å². The molecule has 0 saturated heterocycles. The van der Waals surface area contributed by atoms with E-state index in [1.807, 2.05) is 0 Å². The van der Waals surface area contributed by atoms with Gasteiger partial charge >= 0.3 is 23.1 Å². The van der Waals surface area contributed by atoms with Crippen LogP contribution in [0.15, 0.2) is 146 Å². The van der Waals surface area contributed by atoms with Crippen molar-refractivity contribution < 1.29 is 0 Å². The van der Waals surface area contributed by atoms with Gasteiger partial charge in [0.1, 0.15) is 12.3 Å². The van der Waals surface area contributed by atoms with Crippen LogP contribution in [0, 0.1) is 111 Å². The molecule has 0 atom stereocenters. The van der Waals surface area contributed by atoms with E-state index in [1.165, 1.54) is 133 Å². The second-order valence-corrected chi connectivity index (χ2v) is 20.6. The molecule has 336 valence electrons. The molecule has 0 spiro atoms. The summed E-state index contributed by atoms with van der Waals surface area (Å²) in [6.45, 7) is 35.8. The molecule has 0 bridgehead atoms. The third kappa shape index (κ3) is 9.70. The Kier molecular flexibility index (Phi) is 15.6. The van der Waals surface area contributed by atoms with Crippen molar-refractivity contribution in [1.29, 1.82) is 0 Å². The van der Waals surface area contributed by atoms with Crippen LogP contribution < -0.4 is 43.7 Å². The summed E-state index contributed by atoms with van der Waals surface area (Å²) in [6, 6.07) is 56.2. The first-order chi connectivity index (χ1) is 31.3. The molecular formula is C64H72B2Mg. The van der Waals surface area contributed by atoms with Crippen LogP contribution in [0.3, 0.4) is 0 Å². The molecule has 0 aromatic heterocycles. The molecule has 0 unspecified atom stereocenters. The Bertz CT molecular complexity index is 2480. The normalized spacial score (nSPS) is 11.5. The van der Waals surface area contributed by atoms with Gasteiger partial charge in [0.25, 0.3) is 0 Å². The zero-order valence-electron chi connectivity index (χ0n) is 43.7. The van der Waals surface area contributed by atoms with E-state index in [-0.39, 0.29) is 23.1 Å². The SMILES string of the molecule is Cc1ccc([B-](c2ccc(C)cc2C)(c2ccc(C)cc2C)c2ccc(C)cc2C)c(C)c1.Cc1ccc([B-](c2ccc(C)cc2C)(c2ccc(C)cc2C)c2ccc(C)cc2C)c(C)c1.[Mg+2]. The van der Waals surface area contributed by atoms with Crippen LogP contribution in [0.5, 0.6) is 0 Å². The molecule has 0 radical (unpaired) electrons. The van der Waals surface area contributed by atoms with Crippen molar-refractivity contribution in [3.63, 3.8) is 0 Å². The molecule has 0 aliphatic rings. The van der Waals surface area contributed by atoms with E-state index in [1.54, 1.807) is 0 Å². The molecule has 0 saturated carbocycles. The summed E-state index contributed by atoms with van der Waals surface area (Å²) in [5.74, 6) is 0. The Morgan fingerprint density at radius 2 is 0.284 bits per heavy atom. The molecule has 8 aromatic carbocycles. The Balaban J connectivity index is 0.000000218. The summed E-state index contributed by atoms with van der Waals surface area (Å²) in [4.78, 5) is 0. The molecule has 0 heterocycles.